The number of nitrogens with zero attached hydrogens (tertiary/aromatic N) is 4. The zero-order valence-corrected chi connectivity index (χ0v) is 20.7. The Morgan fingerprint density at radius 1 is 0.625 bits per heavy atom. The highest BCUT2D eigenvalue weighted by atomic mass is 35.5. The van der Waals surface area contributed by atoms with Gasteiger partial charge in [0.2, 0.25) is 0 Å². The van der Waals surface area contributed by atoms with E-state index in [0.29, 0.717) is 37.0 Å². The summed E-state index contributed by atoms with van der Waals surface area (Å²) >= 11 is 28.0. The van der Waals surface area contributed by atoms with E-state index in [1.807, 2.05) is 18.2 Å². The Morgan fingerprint density at radius 2 is 1.16 bits per heavy atom. The highest BCUT2D eigenvalue weighted by Gasteiger charge is 1.98. The van der Waals surface area contributed by atoms with E-state index in [1.54, 1.807) is 36.4 Å². The van der Waals surface area contributed by atoms with Gasteiger partial charge in [-0.1, -0.05) is 70.1 Å². The van der Waals surface area contributed by atoms with Crippen molar-refractivity contribution in [2.45, 2.75) is 0 Å². The third-order valence-corrected chi connectivity index (χ3v) is 4.27. The largest absolute Gasteiger partial charge is 0.399 e. The topological polar surface area (TPSA) is 89.6 Å². The molecule has 3 N–H and O–H groups in total. The van der Waals surface area contributed by atoms with Crippen molar-refractivity contribution in [3.05, 3.63) is 98.8 Å². The molecule has 12 heteroatoms. The predicted octanol–water partition coefficient (Wildman–Crippen LogP) is 7.65. The number of hydrogen-bond donors (Lipinski definition) is 2. The highest BCUT2D eigenvalue weighted by molar-refractivity contribution is 6.33. The minimum absolute atomic E-state index is 0. The molecule has 32 heavy (non-hydrogen) atoms. The van der Waals surface area contributed by atoms with Crippen LogP contribution in [0.15, 0.2) is 73.3 Å². The fraction of sp³-hybridized carbons (Fsp3) is 0. The molecule has 2 aromatic carbocycles. The van der Waals surface area contributed by atoms with Crippen LogP contribution in [-0.4, -0.2) is 19.9 Å². The first-order valence-electron chi connectivity index (χ1n) is 8.46. The first kappa shape index (κ1) is 28.0. The molecule has 2 heterocycles. The molecule has 0 spiro atoms. The van der Waals surface area contributed by atoms with Crippen LogP contribution >= 0.6 is 70.4 Å². The van der Waals surface area contributed by atoms with Gasteiger partial charge in [-0.2, -0.15) is 0 Å². The smallest absolute Gasteiger partial charge is 0.135 e. The van der Waals surface area contributed by atoms with E-state index in [2.05, 4.69) is 25.3 Å². The van der Waals surface area contributed by atoms with Crippen LogP contribution < -0.4 is 11.1 Å². The number of rotatable bonds is 2. The minimum atomic E-state index is 0. The lowest BCUT2D eigenvalue weighted by atomic mass is 10.3. The molecule has 2 aromatic heterocycles. The number of aromatic nitrogens is 4. The van der Waals surface area contributed by atoms with E-state index < -0.39 is 0 Å². The van der Waals surface area contributed by atoms with Crippen molar-refractivity contribution in [1.29, 1.82) is 0 Å². The van der Waals surface area contributed by atoms with Crippen LogP contribution in [0.5, 0.6) is 0 Å². The third kappa shape index (κ3) is 11.5. The molecular formula is C20H16Cl6N6. The summed E-state index contributed by atoms with van der Waals surface area (Å²) in [6.07, 6.45) is 2.71. The third-order valence-electron chi connectivity index (χ3n) is 3.18. The van der Waals surface area contributed by atoms with Crippen molar-refractivity contribution in [3.63, 3.8) is 0 Å². The number of benzene rings is 2. The van der Waals surface area contributed by atoms with Gasteiger partial charge in [0.05, 0.1) is 0 Å². The monoisotopic (exact) mass is 550 g/mol. The number of anilines is 3. The first-order valence-corrected chi connectivity index (χ1v) is 10.3. The molecule has 0 saturated heterocycles. The Labute approximate surface area is 216 Å². The summed E-state index contributed by atoms with van der Waals surface area (Å²) in [6.45, 7) is 0. The number of hydrogen-bond acceptors (Lipinski definition) is 6. The molecule has 0 aliphatic rings. The quantitative estimate of drug-likeness (QED) is 0.196. The van der Waals surface area contributed by atoms with Gasteiger partial charge in [-0.25, -0.2) is 19.9 Å². The number of halogens is 6. The zero-order valence-electron chi connectivity index (χ0n) is 16.1. The maximum absolute atomic E-state index is 5.84. The normalized spacial score (nSPS) is 9.28. The van der Waals surface area contributed by atoms with Gasteiger partial charge in [-0.3, -0.25) is 0 Å². The van der Waals surface area contributed by atoms with E-state index >= 15 is 0 Å². The lowest BCUT2D eigenvalue weighted by Gasteiger charge is -2.04. The second-order valence-electron chi connectivity index (χ2n) is 5.58. The average molecular weight is 553 g/mol. The maximum atomic E-state index is 5.84. The van der Waals surface area contributed by atoms with Gasteiger partial charge in [-0.05, 0) is 36.4 Å². The molecule has 0 saturated carbocycles. The molecule has 0 aliphatic carbocycles. The van der Waals surface area contributed by atoms with Crippen LogP contribution in [0.2, 0.25) is 25.5 Å². The van der Waals surface area contributed by atoms with Crippen LogP contribution in [0.1, 0.15) is 0 Å². The summed E-state index contributed by atoms with van der Waals surface area (Å²) in [7, 11) is 0. The summed E-state index contributed by atoms with van der Waals surface area (Å²) in [5.74, 6) is 0.636. The van der Waals surface area contributed by atoms with E-state index in [0.717, 1.165) is 5.69 Å². The zero-order chi connectivity index (χ0) is 22.6. The molecule has 0 atom stereocenters. The van der Waals surface area contributed by atoms with Crippen molar-refractivity contribution in [2.24, 2.45) is 0 Å². The number of nitrogens with two attached hydrogens (primary N) is 1. The summed E-state index contributed by atoms with van der Waals surface area (Å²) in [6, 6.07) is 17.6. The summed E-state index contributed by atoms with van der Waals surface area (Å²) in [5, 5.41) is 5.55. The van der Waals surface area contributed by atoms with Crippen molar-refractivity contribution in [3.8, 4) is 0 Å². The second-order valence-corrected chi connectivity index (χ2v) is 7.61. The lowest BCUT2D eigenvalue weighted by molar-refractivity contribution is 1.17. The second kappa shape index (κ2) is 14.9. The summed E-state index contributed by atoms with van der Waals surface area (Å²) in [5.41, 5.74) is 6.94. The molecule has 0 fully saturated rings. The Kier molecular flexibility index (Phi) is 13.0. The maximum Gasteiger partial charge on any atom is 0.135 e. The van der Waals surface area contributed by atoms with Gasteiger partial charge < -0.3 is 11.1 Å². The van der Waals surface area contributed by atoms with Crippen LogP contribution in [0, 0.1) is 0 Å². The Balaban J connectivity index is 0.000000257. The molecular weight excluding hydrogens is 537 g/mol. The van der Waals surface area contributed by atoms with Gasteiger partial charge in [-0.15, -0.1) is 12.4 Å². The van der Waals surface area contributed by atoms with Crippen LogP contribution in [0.4, 0.5) is 17.2 Å². The first-order chi connectivity index (χ1) is 14.8. The van der Waals surface area contributed by atoms with Crippen molar-refractivity contribution in [1.82, 2.24) is 19.9 Å². The van der Waals surface area contributed by atoms with Crippen molar-refractivity contribution in [2.75, 3.05) is 11.1 Å². The minimum Gasteiger partial charge on any atom is -0.399 e. The molecule has 0 aliphatic heterocycles. The van der Waals surface area contributed by atoms with Crippen LogP contribution in [0.25, 0.3) is 0 Å². The molecule has 0 bridgehead atoms. The standard InChI is InChI=1S/C10H7Cl2N3.C6H6ClN.C4H2Cl2N2.ClH/c11-7-2-1-3-8(4-7)15-10-5-9(12)13-6-14-10;7-5-2-1-3-6(8)4-5;5-3-1-4(6)8-2-7-3;/h1-6H,(H,13,14,15);1-4H,8H2;1-2H;1H. The molecule has 6 nitrogen and oxygen atoms in total. The Morgan fingerprint density at radius 3 is 1.59 bits per heavy atom. The van der Waals surface area contributed by atoms with Crippen LogP contribution in [0.3, 0.4) is 0 Å². The number of nitrogens with one attached hydrogen (secondary N) is 1. The highest BCUT2D eigenvalue weighted by Crippen LogP contribution is 2.19. The Bertz CT molecular complexity index is 993. The van der Waals surface area contributed by atoms with Gasteiger partial charge in [0, 0.05) is 33.6 Å². The molecule has 0 radical (unpaired) electrons. The van der Waals surface area contributed by atoms with Gasteiger partial charge in [0.15, 0.2) is 0 Å². The van der Waals surface area contributed by atoms with Crippen molar-refractivity contribution < 1.29 is 0 Å². The number of nitrogen functional groups attached to an aromatic ring is 1. The SMILES string of the molecule is Cl.Clc1cc(Cl)ncn1.Clc1cccc(Nc2cc(Cl)ncn2)c1.Nc1cccc(Cl)c1. The van der Waals surface area contributed by atoms with Gasteiger partial charge in [0.1, 0.15) is 33.9 Å². The lowest BCUT2D eigenvalue weighted by Crippen LogP contribution is -1.93. The molecule has 0 amide bonds. The average Bonchev–Trinajstić information content (AvgIpc) is 2.69. The summed E-state index contributed by atoms with van der Waals surface area (Å²) in [4.78, 5) is 15.0. The fourth-order valence-electron chi connectivity index (χ4n) is 1.93. The van der Waals surface area contributed by atoms with Gasteiger partial charge in [0.25, 0.3) is 0 Å². The Hall–Kier alpha value is -2.06. The summed E-state index contributed by atoms with van der Waals surface area (Å²) < 4.78 is 0. The molecule has 0 unspecified atom stereocenters. The van der Waals surface area contributed by atoms with Crippen LogP contribution in [-0.2, 0) is 0 Å². The van der Waals surface area contributed by atoms with E-state index in [9.17, 15) is 0 Å². The van der Waals surface area contributed by atoms with E-state index in [4.69, 9.17) is 63.7 Å². The van der Waals surface area contributed by atoms with Crippen molar-refractivity contribution >= 4 is 87.6 Å². The molecule has 4 rings (SSSR count). The van der Waals surface area contributed by atoms with Gasteiger partial charge >= 0.3 is 0 Å². The molecule has 168 valence electrons. The molecule has 4 aromatic rings. The van der Waals surface area contributed by atoms with E-state index in [1.165, 1.54) is 18.7 Å². The fourth-order valence-corrected chi connectivity index (χ4v) is 2.82. The predicted molar refractivity (Wildman–Crippen MR) is 137 cm³/mol. The van der Waals surface area contributed by atoms with E-state index in [-0.39, 0.29) is 12.4 Å².